The lowest BCUT2D eigenvalue weighted by Crippen LogP contribution is -2.64. The fraction of sp³-hybridized carbons (Fsp3) is 0.750. The molecule has 0 radical (unpaired) electrons. The number of aliphatic hydroxyl groups excluding tert-OH is 1. The highest BCUT2D eigenvalue weighted by Gasteiger charge is 2.53. The number of ether oxygens (including phenoxy) is 6. The van der Waals surface area contributed by atoms with Crippen LogP contribution in [0.25, 0.3) is 0 Å². The molecule has 0 aromatic rings. The Morgan fingerprint density at radius 1 is 0.889 bits per heavy atom. The lowest BCUT2D eigenvalue weighted by atomic mass is 9.94. The Morgan fingerprint density at radius 2 is 1.44 bits per heavy atom. The molecule has 0 bridgehead atoms. The van der Waals surface area contributed by atoms with Crippen molar-refractivity contribution in [3.05, 3.63) is 0 Å². The average molecular weight is 392 g/mol. The monoisotopic (exact) mass is 392 g/mol. The number of hydrogen-bond acceptors (Lipinski definition) is 11. The third kappa shape index (κ3) is 6.77. The maximum absolute atomic E-state index is 11.5. The van der Waals surface area contributed by atoms with Gasteiger partial charge < -0.3 is 33.5 Å². The van der Waals surface area contributed by atoms with Gasteiger partial charge in [0.25, 0.3) is 0 Å². The summed E-state index contributed by atoms with van der Waals surface area (Å²) < 4.78 is 30.8. The Kier molecular flexibility index (Phi) is 8.60. The summed E-state index contributed by atoms with van der Waals surface area (Å²) in [6, 6.07) is 0. The molecule has 11 heteroatoms. The Labute approximate surface area is 155 Å². The zero-order chi connectivity index (χ0) is 20.7. The molecule has 1 aliphatic heterocycles. The van der Waals surface area contributed by atoms with E-state index in [1.165, 1.54) is 7.11 Å². The minimum atomic E-state index is -1.67. The minimum absolute atomic E-state index is 0.418. The Morgan fingerprint density at radius 3 is 1.89 bits per heavy atom. The first-order chi connectivity index (χ1) is 12.6. The zero-order valence-corrected chi connectivity index (χ0v) is 15.7. The second kappa shape index (κ2) is 10.2. The van der Waals surface area contributed by atoms with Crippen molar-refractivity contribution >= 4 is 23.9 Å². The molecule has 1 aliphatic rings. The highest BCUT2D eigenvalue weighted by molar-refractivity contribution is 5.68. The van der Waals surface area contributed by atoms with Crippen LogP contribution < -0.4 is 0 Å². The topological polar surface area (TPSA) is 144 Å². The van der Waals surface area contributed by atoms with Gasteiger partial charge in [-0.05, 0) is 0 Å². The van der Waals surface area contributed by atoms with Crippen LogP contribution in [0.2, 0.25) is 0 Å². The third-order valence-corrected chi connectivity index (χ3v) is 3.56. The molecule has 0 amide bonds. The zero-order valence-electron chi connectivity index (χ0n) is 15.7. The van der Waals surface area contributed by atoms with E-state index in [4.69, 9.17) is 28.4 Å². The van der Waals surface area contributed by atoms with Crippen molar-refractivity contribution in [1.29, 1.82) is 0 Å². The van der Waals surface area contributed by atoms with E-state index < -0.39 is 67.3 Å². The molecule has 0 saturated carbocycles. The van der Waals surface area contributed by atoms with E-state index in [9.17, 15) is 24.3 Å². The van der Waals surface area contributed by atoms with Gasteiger partial charge in [-0.3, -0.25) is 19.2 Å². The second-order valence-electron chi connectivity index (χ2n) is 5.79. The van der Waals surface area contributed by atoms with Crippen LogP contribution in [0.1, 0.15) is 27.7 Å². The van der Waals surface area contributed by atoms with Crippen LogP contribution in [-0.2, 0) is 47.6 Å². The molecule has 6 atom stereocenters. The first-order valence-corrected chi connectivity index (χ1v) is 8.08. The number of aliphatic hydroxyl groups is 1. The molecule has 6 unspecified atom stereocenters. The van der Waals surface area contributed by atoms with Crippen molar-refractivity contribution in [3.63, 3.8) is 0 Å². The van der Waals surface area contributed by atoms with Gasteiger partial charge in [0.1, 0.15) is 18.8 Å². The van der Waals surface area contributed by atoms with Gasteiger partial charge >= 0.3 is 23.9 Å². The Hall–Kier alpha value is -2.24. The van der Waals surface area contributed by atoms with Crippen molar-refractivity contribution in [1.82, 2.24) is 0 Å². The van der Waals surface area contributed by atoms with Crippen molar-refractivity contribution in [3.8, 4) is 0 Å². The summed E-state index contributed by atoms with van der Waals surface area (Å²) in [5, 5.41) is 10.2. The van der Waals surface area contributed by atoms with Gasteiger partial charge in [0.2, 0.25) is 0 Å². The predicted octanol–water partition coefficient (Wildman–Crippen LogP) is -0.923. The molecular weight excluding hydrogens is 368 g/mol. The fourth-order valence-corrected chi connectivity index (χ4v) is 2.67. The molecule has 1 heterocycles. The molecular formula is C16H24O11. The number of methoxy groups -OCH3 is 1. The largest absolute Gasteiger partial charge is 0.462 e. The van der Waals surface area contributed by atoms with Crippen molar-refractivity contribution in [2.75, 3.05) is 13.7 Å². The van der Waals surface area contributed by atoms with E-state index in [0.29, 0.717) is 0 Å². The molecule has 0 aliphatic carbocycles. The van der Waals surface area contributed by atoms with Crippen LogP contribution in [0.4, 0.5) is 0 Å². The Balaban J connectivity index is 3.21. The van der Waals surface area contributed by atoms with Crippen molar-refractivity contribution in [2.24, 2.45) is 0 Å². The first kappa shape index (κ1) is 22.8. The van der Waals surface area contributed by atoms with Gasteiger partial charge in [0.15, 0.2) is 24.6 Å². The van der Waals surface area contributed by atoms with E-state index >= 15 is 0 Å². The maximum Gasteiger partial charge on any atom is 0.303 e. The van der Waals surface area contributed by atoms with Crippen LogP contribution in [0.5, 0.6) is 0 Å². The maximum atomic E-state index is 11.5. The molecule has 1 saturated heterocycles. The highest BCUT2D eigenvalue weighted by atomic mass is 16.7. The van der Waals surface area contributed by atoms with Crippen LogP contribution in [-0.4, -0.2) is 79.5 Å². The van der Waals surface area contributed by atoms with Crippen LogP contribution in [0.3, 0.4) is 0 Å². The summed E-state index contributed by atoms with van der Waals surface area (Å²) in [5.41, 5.74) is 0. The van der Waals surface area contributed by atoms with Gasteiger partial charge in [0.05, 0.1) is 0 Å². The summed E-state index contributed by atoms with van der Waals surface area (Å²) in [6.07, 6.45) is -7.84. The van der Waals surface area contributed by atoms with Crippen LogP contribution >= 0.6 is 0 Å². The molecule has 27 heavy (non-hydrogen) atoms. The molecule has 1 N–H and O–H groups in total. The van der Waals surface area contributed by atoms with Crippen LogP contribution in [0.15, 0.2) is 0 Å². The number of carbonyl (C=O) groups excluding carboxylic acids is 4. The summed E-state index contributed by atoms with van der Waals surface area (Å²) in [6.45, 7) is 4.10. The summed E-state index contributed by atoms with van der Waals surface area (Å²) in [7, 11) is 1.25. The van der Waals surface area contributed by atoms with Gasteiger partial charge in [-0.1, -0.05) is 0 Å². The minimum Gasteiger partial charge on any atom is -0.462 e. The molecule has 1 rings (SSSR count). The number of carbonyl (C=O) groups is 4. The first-order valence-electron chi connectivity index (χ1n) is 8.08. The quantitative estimate of drug-likeness (QED) is 0.424. The van der Waals surface area contributed by atoms with Gasteiger partial charge in [0, 0.05) is 34.8 Å². The lowest BCUT2D eigenvalue weighted by Gasteiger charge is -2.44. The summed E-state index contributed by atoms with van der Waals surface area (Å²) in [5.74, 6) is -2.81. The van der Waals surface area contributed by atoms with Crippen molar-refractivity contribution in [2.45, 2.75) is 64.5 Å². The fourth-order valence-electron chi connectivity index (χ4n) is 2.67. The normalized spacial score (nSPS) is 28.6. The van der Waals surface area contributed by atoms with E-state index in [1.807, 2.05) is 0 Å². The van der Waals surface area contributed by atoms with Crippen molar-refractivity contribution < 1.29 is 52.7 Å². The number of esters is 4. The molecule has 0 spiro atoms. The predicted molar refractivity (Wildman–Crippen MR) is 85.0 cm³/mol. The highest BCUT2D eigenvalue weighted by Crippen LogP contribution is 2.30. The molecule has 1 fully saturated rings. The smallest absolute Gasteiger partial charge is 0.303 e. The summed E-state index contributed by atoms with van der Waals surface area (Å²) in [4.78, 5) is 45.4. The number of hydrogen-bond donors (Lipinski definition) is 1. The lowest BCUT2D eigenvalue weighted by molar-refractivity contribution is -0.308. The summed E-state index contributed by atoms with van der Waals surface area (Å²) >= 11 is 0. The van der Waals surface area contributed by atoms with Gasteiger partial charge in [-0.15, -0.1) is 0 Å². The van der Waals surface area contributed by atoms with E-state index in [0.717, 1.165) is 27.7 Å². The van der Waals surface area contributed by atoms with Gasteiger partial charge in [-0.25, -0.2) is 0 Å². The standard InChI is InChI=1S/C16H24O11/c1-7(17)23-6-11(24-8(2)18)12-14(25-9(3)19)13(22-5)15(16(21)27-12)26-10(4)20/h11-16,21H,6H2,1-5H3. The molecule has 0 aromatic carbocycles. The SMILES string of the molecule is COC1C(OC(C)=O)C(O)OC(C(COC(C)=O)OC(C)=O)C1OC(C)=O. The average Bonchev–Trinajstić information content (AvgIpc) is 2.53. The molecule has 11 nitrogen and oxygen atoms in total. The third-order valence-electron chi connectivity index (χ3n) is 3.56. The van der Waals surface area contributed by atoms with E-state index in [1.54, 1.807) is 0 Å². The Bertz CT molecular complexity index is 561. The molecule has 154 valence electrons. The van der Waals surface area contributed by atoms with E-state index in [2.05, 4.69) is 0 Å². The van der Waals surface area contributed by atoms with E-state index in [-0.39, 0.29) is 0 Å². The van der Waals surface area contributed by atoms with Crippen LogP contribution in [0, 0.1) is 0 Å². The number of rotatable bonds is 7. The second-order valence-corrected chi connectivity index (χ2v) is 5.79. The van der Waals surface area contributed by atoms with Gasteiger partial charge in [-0.2, -0.15) is 0 Å². The molecule has 0 aromatic heterocycles.